The van der Waals surface area contributed by atoms with E-state index in [4.69, 9.17) is 5.11 Å². The largest absolute Gasteiger partial charge is 0.481 e. The highest BCUT2D eigenvalue weighted by molar-refractivity contribution is 5.81. The Labute approximate surface area is 148 Å². The molecule has 1 saturated heterocycles. The molecule has 0 radical (unpaired) electrons. The summed E-state index contributed by atoms with van der Waals surface area (Å²) in [6.07, 6.45) is -2.86. The van der Waals surface area contributed by atoms with E-state index in [1.54, 1.807) is 0 Å². The second-order valence-electron chi connectivity index (χ2n) is 6.94. The van der Waals surface area contributed by atoms with Crippen molar-refractivity contribution < 1.29 is 27.9 Å². The number of aryl methyl sites for hydroxylation is 2. The zero-order valence-corrected chi connectivity index (χ0v) is 14.3. The highest BCUT2D eigenvalue weighted by Crippen LogP contribution is 2.36. The van der Waals surface area contributed by atoms with Crippen LogP contribution in [0.2, 0.25) is 0 Å². The average Bonchev–Trinajstić information content (AvgIpc) is 2.59. The van der Waals surface area contributed by atoms with E-state index in [0.717, 1.165) is 0 Å². The number of nitrogens with zero attached hydrogens (tertiary/aromatic N) is 3. The maximum Gasteiger partial charge on any atom is 0.433 e. The third-order valence-electron chi connectivity index (χ3n) is 5.08. The van der Waals surface area contributed by atoms with Gasteiger partial charge in [-0.05, 0) is 39.0 Å². The van der Waals surface area contributed by atoms with Crippen LogP contribution in [0.25, 0.3) is 0 Å². The molecule has 0 bridgehead atoms. The van der Waals surface area contributed by atoms with Crippen LogP contribution in [-0.4, -0.2) is 44.9 Å². The summed E-state index contributed by atoms with van der Waals surface area (Å²) in [5.41, 5.74) is -0.602. The fraction of sp³-hybridized carbons (Fsp3) is 0.647. The summed E-state index contributed by atoms with van der Waals surface area (Å²) in [5, 5.41) is 9.15. The fourth-order valence-electron chi connectivity index (χ4n) is 3.82. The summed E-state index contributed by atoms with van der Waals surface area (Å²) in [4.78, 5) is 33.1. The topological polar surface area (TPSA) is 83.4 Å². The van der Waals surface area contributed by atoms with Crippen LogP contribution in [0.15, 0.2) is 0 Å². The minimum absolute atomic E-state index is 0.000469. The van der Waals surface area contributed by atoms with Crippen molar-refractivity contribution in [1.82, 2.24) is 14.9 Å². The van der Waals surface area contributed by atoms with Gasteiger partial charge in [-0.3, -0.25) is 9.59 Å². The van der Waals surface area contributed by atoms with Crippen LogP contribution in [0.5, 0.6) is 0 Å². The number of hydrogen-bond acceptors (Lipinski definition) is 4. The van der Waals surface area contributed by atoms with Gasteiger partial charge >= 0.3 is 12.1 Å². The Morgan fingerprint density at radius 1 is 1.19 bits per heavy atom. The van der Waals surface area contributed by atoms with E-state index in [9.17, 15) is 22.8 Å². The number of carbonyl (C=O) groups is 2. The molecule has 2 heterocycles. The molecule has 6 nitrogen and oxygen atoms in total. The number of halogens is 3. The molecule has 1 fully saturated rings. The number of fused-ring (bicyclic) bond motifs is 1. The minimum atomic E-state index is -4.59. The second-order valence-corrected chi connectivity index (χ2v) is 6.94. The van der Waals surface area contributed by atoms with Gasteiger partial charge in [0, 0.05) is 30.3 Å². The maximum atomic E-state index is 13.3. The van der Waals surface area contributed by atoms with Gasteiger partial charge < -0.3 is 10.0 Å². The van der Waals surface area contributed by atoms with Gasteiger partial charge in [0.25, 0.3) is 0 Å². The first-order valence-corrected chi connectivity index (χ1v) is 8.62. The van der Waals surface area contributed by atoms with E-state index in [2.05, 4.69) is 9.97 Å². The molecule has 2 aliphatic rings. The summed E-state index contributed by atoms with van der Waals surface area (Å²) < 4.78 is 40.0. The van der Waals surface area contributed by atoms with Crippen LogP contribution < -0.4 is 0 Å². The van der Waals surface area contributed by atoms with E-state index < -0.39 is 29.7 Å². The van der Waals surface area contributed by atoms with Crippen molar-refractivity contribution in [3.63, 3.8) is 0 Å². The Morgan fingerprint density at radius 3 is 2.58 bits per heavy atom. The van der Waals surface area contributed by atoms with Crippen LogP contribution in [-0.2, 0) is 28.6 Å². The van der Waals surface area contributed by atoms with Crippen molar-refractivity contribution in [1.29, 1.82) is 0 Å². The third kappa shape index (κ3) is 3.66. The molecule has 1 aromatic heterocycles. The third-order valence-corrected chi connectivity index (χ3v) is 5.08. The summed E-state index contributed by atoms with van der Waals surface area (Å²) in [5.74, 6) is -2.35. The molecular weight excluding hydrogens is 351 g/mol. The van der Waals surface area contributed by atoms with Gasteiger partial charge in [-0.15, -0.1) is 0 Å². The van der Waals surface area contributed by atoms with Gasteiger partial charge in [-0.25, -0.2) is 9.97 Å². The quantitative estimate of drug-likeness (QED) is 0.862. The first kappa shape index (κ1) is 18.6. The minimum Gasteiger partial charge on any atom is -0.481 e. The van der Waals surface area contributed by atoms with E-state index in [1.807, 2.05) is 0 Å². The number of carboxylic acids is 1. The van der Waals surface area contributed by atoms with Crippen molar-refractivity contribution >= 4 is 11.9 Å². The van der Waals surface area contributed by atoms with Gasteiger partial charge in [0.1, 0.15) is 5.82 Å². The second kappa shape index (κ2) is 6.85. The van der Waals surface area contributed by atoms with E-state index >= 15 is 0 Å². The first-order valence-electron chi connectivity index (χ1n) is 8.62. The lowest BCUT2D eigenvalue weighted by atomic mass is 9.84. The molecule has 26 heavy (non-hydrogen) atoms. The summed E-state index contributed by atoms with van der Waals surface area (Å²) in [6.45, 7) is 1.99. The number of aromatic nitrogens is 2. The smallest absolute Gasteiger partial charge is 0.433 e. The van der Waals surface area contributed by atoms with Gasteiger partial charge in [0.15, 0.2) is 5.69 Å². The van der Waals surface area contributed by atoms with E-state index in [-0.39, 0.29) is 36.7 Å². The number of alkyl halides is 3. The van der Waals surface area contributed by atoms with Crippen LogP contribution in [0.4, 0.5) is 13.2 Å². The fourth-order valence-corrected chi connectivity index (χ4v) is 3.82. The number of piperidine rings is 1. The highest BCUT2D eigenvalue weighted by atomic mass is 19.4. The molecule has 1 aliphatic carbocycles. The molecule has 0 unspecified atom stereocenters. The molecule has 1 N–H and O–H groups in total. The van der Waals surface area contributed by atoms with Crippen molar-refractivity contribution in [3.8, 4) is 0 Å². The average molecular weight is 371 g/mol. The molecule has 0 spiro atoms. The molecule has 1 amide bonds. The molecular formula is C17H20F3N3O3. The van der Waals surface area contributed by atoms with Gasteiger partial charge in [-0.1, -0.05) is 0 Å². The van der Waals surface area contributed by atoms with E-state index in [0.29, 0.717) is 31.5 Å². The zero-order chi connectivity index (χ0) is 19.1. The van der Waals surface area contributed by atoms with Gasteiger partial charge in [-0.2, -0.15) is 13.2 Å². The number of rotatable bonds is 2. The highest BCUT2D eigenvalue weighted by Gasteiger charge is 2.41. The van der Waals surface area contributed by atoms with Crippen molar-refractivity contribution in [2.24, 2.45) is 11.8 Å². The number of aliphatic carboxylic acids is 1. The monoisotopic (exact) mass is 371 g/mol. The lowest BCUT2D eigenvalue weighted by molar-refractivity contribution is -0.148. The predicted octanol–water partition coefficient (Wildman–Crippen LogP) is 2.23. The number of hydrogen-bond donors (Lipinski definition) is 1. The SMILES string of the molecule is Cc1nc2c(c(C(F)(F)F)n1)C[C@H](C(=O)N1CCC[C@H](C(=O)O)C1)CC2. The molecule has 0 aromatic carbocycles. The molecule has 142 valence electrons. The lowest BCUT2D eigenvalue weighted by Crippen LogP contribution is -2.46. The standard InChI is InChI=1S/C17H20F3N3O3/c1-9-21-13-5-4-10(7-12(13)14(22-9)17(18,19)20)15(24)23-6-2-3-11(8-23)16(25)26/h10-11H,2-8H2,1H3,(H,25,26)/t10-,11+/m1/s1. The molecule has 0 saturated carbocycles. The maximum absolute atomic E-state index is 13.3. The van der Waals surface area contributed by atoms with Gasteiger partial charge in [0.2, 0.25) is 5.91 Å². The number of amides is 1. The summed E-state index contributed by atoms with van der Waals surface area (Å²) >= 11 is 0. The Bertz CT molecular complexity index is 736. The van der Waals surface area contributed by atoms with Crippen molar-refractivity contribution in [3.05, 3.63) is 22.8 Å². The Kier molecular flexibility index (Phi) is 4.90. The van der Waals surface area contributed by atoms with Crippen LogP contribution in [0.3, 0.4) is 0 Å². The molecule has 9 heteroatoms. The zero-order valence-electron chi connectivity index (χ0n) is 14.3. The molecule has 1 aliphatic heterocycles. The first-order chi connectivity index (χ1) is 12.2. The van der Waals surface area contributed by atoms with E-state index in [1.165, 1.54) is 11.8 Å². The van der Waals surface area contributed by atoms with Crippen molar-refractivity contribution in [2.75, 3.05) is 13.1 Å². The van der Waals surface area contributed by atoms with Gasteiger partial charge in [0.05, 0.1) is 5.92 Å². The summed E-state index contributed by atoms with van der Waals surface area (Å²) in [7, 11) is 0. The Hall–Kier alpha value is -2.19. The van der Waals surface area contributed by atoms with Crippen LogP contribution in [0.1, 0.15) is 42.0 Å². The Morgan fingerprint density at radius 2 is 1.92 bits per heavy atom. The predicted molar refractivity (Wildman–Crippen MR) is 84.2 cm³/mol. The normalized spacial score (nSPS) is 23.5. The van der Waals surface area contributed by atoms with Crippen LogP contribution in [0, 0.1) is 18.8 Å². The Balaban J connectivity index is 1.82. The lowest BCUT2D eigenvalue weighted by Gasteiger charge is -2.35. The number of likely N-dealkylation sites (tertiary alicyclic amines) is 1. The molecule has 2 atom stereocenters. The van der Waals surface area contributed by atoms with Crippen LogP contribution >= 0.6 is 0 Å². The molecule has 1 aromatic rings. The summed E-state index contributed by atoms with van der Waals surface area (Å²) in [6, 6.07) is 0. The molecule has 3 rings (SSSR count). The number of carbonyl (C=O) groups excluding carboxylic acids is 1. The van der Waals surface area contributed by atoms with Crippen molar-refractivity contribution in [2.45, 2.75) is 45.2 Å². The number of carboxylic acid groups (broad SMARTS) is 1.